The summed E-state index contributed by atoms with van der Waals surface area (Å²) in [4.78, 5) is 18.2. The van der Waals surface area contributed by atoms with Crippen molar-refractivity contribution in [1.82, 2.24) is 9.55 Å². The quantitative estimate of drug-likeness (QED) is 0.805. The molecule has 2 aromatic rings. The first kappa shape index (κ1) is 11.0. The molecule has 0 saturated carbocycles. The fraction of sp³-hybridized carbons (Fsp3) is 0.286. The second-order valence-electron chi connectivity index (χ2n) is 4.51. The first-order chi connectivity index (χ1) is 8.84. The lowest BCUT2D eigenvalue weighted by Gasteiger charge is -2.29. The Morgan fingerprint density at radius 2 is 2.22 bits per heavy atom. The van der Waals surface area contributed by atoms with Crippen molar-refractivity contribution in [2.45, 2.75) is 19.4 Å². The molecular formula is C14H15N3O. The lowest BCUT2D eigenvalue weighted by atomic mass is 10.0. The number of aryl methyl sites for hydroxylation is 1. The molecule has 1 aliphatic rings. The Labute approximate surface area is 106 Å². The van der Waals surface area contributed by atoms with Crippen molar-refractivity contribution in [3.05, 3.63) is 48.5 Å². The van der Waals surface area contributed by atoms with Gasteiger partial charge in [0, 0.05) is 24.6 Å². The van der Waals surface area contributed by atoms with Crippen molar-refractivity contribution in [2.24, 2.45) is 0 Å². The maximum atomic E-state index is 12.3. The molecule has 1 amide bonds. The summed E-state index contributed by atoms with van der Waals surface area (Å²) in [6, 6.07) is 8.15. The van der Waals surface area contributed by atoms with Crippen LogP contribution in [0.3, 0.4) is 0 Å². The molecule has 0 bridgehead atoms. The minimum Gasteiger partial charge on any atom is -0.328 e. The van der Waals surface area contributed by atoms with Crippen LogP contribution in [0.4, 0.5) is 5.69 Å². The third-order valence-corrected chi connectivity index (χ3v) is 3.29. The maximum Gasteiger partial charge on any atom is 0.246 e. The zero-order valence-electron chi connectivity index (χ0n) is 10.1. The minimum absolute atomic E-state index is 0.125. The number of benzene rings is 1. The SMILES string of the molecule is O=C(Cn1ccnc1)N1CCCc2ccccc21. The Bertz CT molecular complexity index is 548. The van der Waals surface area contributed by atoms with Crippen molar-refractivity contribution in [3.63, 3.8) is 0 Å². The molecule has 0 N–H and O–H groups in total. The van der Waals surface area contributed by atoms with E-state index < -0.39 is 0 Å². The predicted octanol–water partition coefficient (Wildman–Crippen LogP) is 1.86. The molecule has 0 fully saturated rings. The van der Waals surface area contributed by atoms with Gasteiger partial charge in [-0.2, -0.15) is 0 Å². The van der Waals surface area contributed by atoms with Crippen LogP contribution in [0.1, 0.15) is 12.0 Å². The summed E-state index contributed by atoms with van der Waals surface area (Å²) in [5.41, 5.74) is 2.33. The summed E-state index contributed by atoms with van der Waals surface area (Å²) in [6.07, 6.45) is 7.27. The molecule has 1 aliphatic heterocycles. The molecule has 0 saturated heterocycles. The van der Waals surface area contributed by atoms with E-state index in [-0.39, 0.29) is 5.91 Å². The second-order valence-corrected chi connectivity index (χ2v) is 4.51. The number of amides is 1. The van der Waals surface area contributed by atoms with Crippen LogP contribution >= 0.6 is 0 Å². The number of fused-ring (bicyclic) bond motifs is 1. The van der Waals surface area contributed by atoms with Gasteiger partial charge < -0.3 is 9.47 Å². The Hall–Kier alpha value is -2.10. The highest BCUT2D eigenvalue weighted by molar-refractivity contribution is 5.94. The van der Waals surface area contributed by atoms with Crippen LogP contribution in [0.5, 0.6) is 0 Å². The highest BCUT2D eigenvalue weighted by atomic mass is 16.2. The summed E-state index contributed by atoms with van der Waals surface area (Å²) < 4.78 is 1.81. The number of carbonyl (C=O) groups is 1. The molecule has 3 rings (SSSR count). The van der Waals surface area contributed by atoms with E-state index in [4.69, 9.17) is 0 Å². The average Bonchev–Trinajstić information content (AvgIpc) is 2.91. The van der Waals surface area contributed by atoms with Crippen LogP contribution in [-0.4, -0.2) is 22.0 Å². The van der Waals surface area contributed by atoms with Gasteiger partial charge in [0.05, 0.1) is 6.33 Å². The lowest BCUT2D eigenvalue weighted by Crippen LogP contribution is -2.37. The second kappa shape index (κ2) is 4.64. The van der Waals surface area contributed by atoms with Gasteiger partial charge in [-0.15, -0.1) is 0 Å². The van der Waals surface area contributed by atoms with Gasteiger partial charge in [0.15, 0.2) is 0 Å². The molecule has 4 heteroatoms. The van der Waals surface area contributed by atoms with Gasteiger partial charge in [0.25, 0.3) is 0 Å². The number of hydrogen-bond donors (Lipinski definition) is 0. The minimum atomic E-state index is 0.125. The van der Waals surface area contributed by atoms with Crippen LogP contribution in [0.15, 0.2) is 43.0 Å². The van der Waals surface area contributed by atoms with Gasteiger partial charge in [0.2, 0.25) is 5.91 Å². The summed E-state index contributed by atoms with van der Waals surface area (Å²) >= 11 is 0. The Morgan fingerprint density at radius 1 is 1.33 bits per heavy atom. The van der Waals surface area contributed by atoms with E-state index in [2.05, 4.69) is 11.1 Å². The number of hydrogen-bond acceptors (Lipinski definition) is 2. The van der Waals surface area contributed by atoms with Gasteiger partial charge in [-0.25, -0.2) is 4.98 Å². The normalized spacial score (nSPS) is 14.3. The molecule has 2 heterocycles. The van der Waals surface area contributed by atoms with Gasteiger partial charge in [-0.05, 0) is 24.5 Å². The lowest BCUT2D eigenvalue weighted by molar-refractivity contribution is -0.119. The summed E-state index contributed by atoms with van der Waals surface area (Å²) in [5, 5.41) is 0. The standard InChI is InChI=1S/C14H15N3O/c18-14(10-16-9-7-15-11-16)17-8-3-5-12-4-1-2-6-13(12)17/h1-2,4,6-7,9,11H,3,5,8,10H2. The zero-order chi connectivity index (χ0) is 12.4. The van der Waals surface area contributed by atoms with Crippen molar-refractivity contribution in [3.8, 4) is 0 Å². The molecule has 1 aromatic carbocycles. The smallest absolute Gasteiger partial charge is 0.246 e. The first-order valence-electron chi connectivity index (χ1n) is 6.18. The van der Waals surface area contributed by atoms with Crippen molar-refractivity contribution in [2.75, 3.05) is 11.4 Å². The Kier molecular flexibility index (Phi) is 2.84. The molecule has 92 valence electrons. The number of rotatable bonds is 2. The number of aromatic nitrogens is 2. The number of anilines is 1. The highest BCUT2D eigenvalue weighted by Crippen LogP contribution is 2.26. The van der Waals surface area contributed by atoms with E-state index in [0.29, 0.717) is 6.54 Å². The number of imidazole rings is 1. The molecule has 0 unspecified atom stereocenters. The number of nitrogens with zero attached hydrogens (tertiary/aromatic N) is 3. The van der Waals surface area contributed by atoms with Crippen LogP contribution in [0, 0.1) is 0 Å². The van der Waals surface area contributed by atoms with Gasteiger partial charge in [0.1, 0.15) is 6.54 Å². The number of para-hydroxylation sites is 1. The summed E-state index contributed by atoms with van der Waals surface area (Å²) in [6.45, 7) is 1.17. The van der Waals surface area contributed by atoms with Gasteiger partial charge >= 0.3 is 0 Å². The third-order valence-electron chi connectivity index (χ3n) is 3.29. The van der Waals surface area contributed by atoms with E-state index in [1.807, 2.05) is 29.3 Å². The van der Waals surface area contributed by atoms with E-state index in [1.165, 1.54) is 5.56 Å². The van der Waals surface area contributed by atoms with Crippen molar-refractivity contribution < 1.29 is 4.79 Å². The molecule has 0 radical (unpaired) electrons. The van der Waals surface area contributed by atoms with Crippen molar-refractivity contribution >= 4 is 11.6 Å². The largest absolute Gasteiger partial charge is 0.328 e. The van der Waals surface area contributed by atoms with Crippen molar-refractivity contribution in [1.29, 1.82) is 0 Å². The van der Waals surface area contributed by atoms with Gasteiger partial charge in [-0.1, -0.05) is 18.2 Å². The van der Waals surface area contributed by atoms with E-state index >= 15 is 0 Å². The number of carbonyl (C=O) groups excluding carboxylic acids is 1. The van der Waals surface area contributed by atoms with Crippen LogP contribution in [0.2, 0.25) is 0 Å². The third kappa shape index (κ3) is 2.01. The molecule has 0 aliphatic carbocycles. The molecular weight excluding hydrogens is 226 g/mol. The highest BCUT2D eigenvalue weighted by Gasteiger charge is 2.21. The maximum absolute atomic E-state index is 12.3. The van der Waals surface area contributed by atoms with E-state index in [1.54, 1.807) is 17.1 Å². The zero-order valence-corrected chi connectivity index (χ0v) is 10.1. The Balaban J connectivity index is 1.83. The van der Waals surface area contributed by atoms with Crippen LogP contribution < -0.4 is 4.90 Å². The van der Waals surface area contributed by atoms with Crippen LogP contribution in [0.25, 0.3) is 0 Å². The summed E-state index contributed by atoms with van der Waals surface area (Å²) in [7, 11) is 0. The molecule has 0 spiro atoms. The topological polar surface area (TPSA) is 38.1 Å². The van der Waals surface area contributed by atoms with E-state index in [9.17, 15) is 4.79 Å². The fourth-order valence-electron chi connectivity index (χ4n) is 2.41. The predicted molar refractivity (Wildman–Crippen MR) is 69.3 cm³/mol. The van der Waals surface area contributed by atoms with Crippen LogP contribution in [-0.2, 0) is 17.8 Å². The molecule has 0 atom stereocenters. The monoisotopic (exact) mass is 241 g/mol. The average molecular weight is 241 g/mol. The van der Waals surface area contributed by atoms with Gasteiger partial charge in [-0.3, -0.25) is 4.79 Å². The molecule has 18 heavy (non-hydrogen) atoms. The van der Waals surface area contributed by atoms with E-state index in [0.717, 1.165) is 25.1 Å². The Morgan fingerprint density at radius 3 is 3.06 bits per heavy atom. The molecule has 4 nitrogen and oxygen atoms in total. The summed E-state index contributed by atoms with van der Waals surface area (Å²) in [5.74, 6) is 0.125. The molecule has 1 aromatic heterocycles. The first-order valence-corrected chi connectivity index (χ1v) is 6.18. The fourth-order valence-corrected chi connectivity index (χ4v) is 2.41.